The third-order valence-electron chi connectivity index (χ3n) is 18.0. The minimum absolute atomic E-state index is 0.0872. The number of rotatable bonds is 7. The first-order valence-corrected chi connectivity index (χ1v) is 22.1. The van der Waals surface area contributed by atoms with Gasteiger partial charge in [0.15, 0.2) is 0 Å². The van der Waals surface area contributed by atoms with Crippen LogP contribution < -0.4 is 10.4 Å². The van der Waals surface area contributed by atoms with E-state index in [2.05, 4.69) is 77.7 Å². The van der Waals surface area contributed by atoms with E-state index >= 15 is 0 Å². The van der Waals surface area contributed by atoms with Crippen molar-refractivity contribution in [1.29, 1.82) is 0 Å². The van der Waals surface area contributed by atoms with Crippen LogP contribution in [0.25, 0.3) is 140 Å². The van der Waals surface area contributed by atoms with Gasteiger partial charge >= 0.3 is 0 Å². The van der Waals surface area contributed by atoms with E-state index in [1.54, 1.807) is 137 Å². The molecule has 1 fully saturated rings. The van der Waals surface area contributed by atoms with Gasteiger partial charge in [0.1, 0.15) is 0 Å². The maximum Gasteiger partial charge on any atom is 0.0700 e. The standard InChI is InChI=1S/C56H33NO2/c1-58-11-12-59-10-9-57-21-33-32-19-28-17-25-15-26-14-23-13-24-16-27-18-29-20-56(33,55(57)31-8-4-6-22-5-2-3-7-30(22)31)54-40(29)45-39(27)44-35(24)34(23)42-38(26)43-36(25)37(28)46-41(32)53(54)52-50(45)48(44)47(42)49(43)51(46)52/h2-8,13-16,18,33,55H,9-12,17,19-21H2,1H3. The molecule has 0 bridgehead atoms. The SMILES string of the molecule is COCCOCCN1CC2C3=c4c5c6c7c(cc8cc9cc%10cc%11cc%12c%13c(c4c4c5c5c7c8c7c9c%10c8c%11c%13c4c8c75)=C(C3)C%12)CC62C1c1cccc2ccccc12. The van der Waals surface area contributed by atoms with Crippen molar-refractivity contribution >= 4 is 140 Å². The number of hydrogen-bond acceptors (Lipinski definition) is 3. The zero-order chi connectivity index (χ0) is 37.3. The molecule has 0 N–H and O–H groups in total. The van der Waals surface area contributed by atoms with E-state index in [0.29, 0.717) is 25.7 Å². The number of benzene rings is 10. The molecule has 14 aromatic carbocycles. The molecular weight excluding hydrogens is 719 g/mol. The van der Waals surface area contributed by atoms with Crippen LogP contribution in [0.4, 0.5) is 0 Å². The average molecular weight is 752 g/mol. The lowest BCUT2D eigenvalue weighted by molar-refractivity contribution is 0.0526. The van der Waals surface area contributed by atoms with E-state index in [4.69, 9.17) is 9.47 Å². The van der Waals surface area contributed by atoms with Gasteiger partial charge in [-0.15, -0.1) is 0 Å². The average Bonchev–Trinajstić information content (AvgIpc) is 4.11. The van der Waals surface area contributed by atoms with Crippen molar-refractivity contribution in [3.8, 4) is 0 Å². The highest BCUT2D eigenvalue weighted by molar-refractivity contribution is 6.63. The van der Waals surface area contributed by atoms with E-state index in [1.807, 2.05) is 0 Å². The molecule has 0 radical (unpaired) electrons. The van der Waals surface area contributed by atoms with Crippen LogP contribution in [0.15, 0.2) is 72.8 Å². The van der Waals surface area contributed by atoms with Crippen molar-refractivity contribution in [1.82, 2.24) is 4.90 Å². The highest BCUT2D eigenvalue weighted by Crippen LogP contribution is 2.70. The summed E-state index contributed by atoms with van der Waals surface area (Å²) in [6.45, 7) is 3.96. The van der Waals surface area contributed by atoms with Gasteiger partial charge in [-0.25, -0.2) is 0 Å². The largest absolute Gasteiger partial charge is 0.382 e. The molecule has 14 aromatic rings. The third kappa shape index (κ3) is 2.50. The number of ether oxygens (including phenoxy) is 2. The molecule has 3 atom stereocenters. The van der Waals surface area contributed by atoms with Crippen molar-refractivity contribution in [3.63, 3.8) is 0 Å². The van der Waals surface area contributed by atoms with Gasteiger partial charge in [0.25, 0.3) is 0 Å². The summed E-state index contributed by atoms with van der Waals surface area (Å²) < 4.78 is 11.8. The Morgan fingerprint density at radius 2 is 1.20 bits per heavy atom. The van der Waals surface area contributed by atoms with Crippen molar-refractivity contribution in [3.05, 3.63) is 105 Å². The molecule has 4 aliphatic carbocycles. The maximum atomic E-state index is 6.35. The highest BCUT2D eigenvalue weighted by atomic mass is 16.5. The van der Waals surface area contributed by atoms with Crippen LogP contribution in [-0.4, -0.2) is 44.9 Å². The summed E-state index contributed by atoms with van der Waals surface area (Å²) in [7, 11) is 1.77. The Kier molecular flexibility index (Phi) is 4.09. The van der Waals surface area contributed by atoms with Gasteiger partial charge in [0.2, 0.25) is 0 Å². The summed E-state index contributed by atoms with van der Waals surface area (Å²) in [6, 6.07) is 29.7. The second-order valence-electron chi connectivity index (χ2n) is 19.8. The molecular formula is C56H33NO2. The van der Waals surface area contributed by atoms with Crippen LogP contribution in [0, 0.1) is 5.92 Å². The van der Waals surface area contributed by atoms with Crippen LogP contribution in [0.5, 0.6) is 0 Å². The molecule has 0 saturated carbocycles. The minimum atomic E-state index is -0.0872. The van der Waals surface area contributed by atoms with E-state index in [9.17, 15) is 0 Å². The van der Waals surface area contributed by atoms with Crippen LogP contribution in [0.3, 0.4) is 0 Å². The molecule has 19 rings (SSSR count). The van der Waals surface area contributed by atoms with Crippen molar-refractivity contribution < 1.29 is 9.47 Å². The Labute approximate surface area is 335 Å². The number of nitrogens with zero attached hydrogens (tertiary/aromatic N) is 1. The van der Waals surface area contributed by atoms with Crippen LogP contribution in [-0.2, 0) is 27.7 Å². The topological polar surface area (TPSA) is 21.7 Å². The zero-order valence-electron chi connectivity index (χ0n) is 32.5. The normalized spacial score (nSPS) is 22.7. The Bertz CT molecular complexity index is 4400. The predicted octanol–water partition coefficient (Wildman–Crippen LogP) is 10.9. The number of fused-ring (bicyclic) bond motifs is 2. The zero-order valence-corrected chi connectivity index (χ0v) is 32.5. The Morgan fingerprint density at radius 3 is 2.00 bits per heavy atom. The highest BCUT2D eigenvalue weighted by Gasteiger charge is 2.62. The molecule has 1 spiro atoms. The molecule has 59 heavy (non-hydrogen) atoms. The van der Waals surface area contributed by atoms with Gasteiger partial charge in [0, 0.05) is 37.6 Å². The molecule has 1 heterocycles. The summed E-state index contributed by atoms with van der Waals surface area (Å²) in [5.41, 5.74) is 9.77. The second kappa shape index (κ2) is 8.44. The lowest BCUT2D eigenvalue weighted by atomic mass is 9.59. The number of methoxy groups -OCH3 is 1. The van der Waals surface area contributed by atoms with Crippen molar-refractivity contribution in [2.24, 2.45) is 5.92 Å². The lowest BCUT2D eigenvalue weighted by Gasteiger charge is -2.43. The fraction of sp³-hybridized carbons (Fsp3) is 0.214. The molecule has 274 valence electrons. The van der Waals surface area contributed by atoms with Gasteiger partial charge in [-0.2, -0.15) is 0 Å². The van der Waals surface area contributed by atoms with E-state index in [0.717, 1.165) is 32.4 Å². The third-order valence-corrected chi connectivity index (χ3v) is 18.0. The molecule has 0 amide bonds. The molecule has 0 aromatic heterocycles. The Morgan fingerprint density at radius 1 is 0.559 bits per heavy atom. The fourth-order valence-electron chi connectivity index (χ4n) is 16.7. The smallest absolute Gasteiger partial charge is 0.0700 e. The van der Waals surface area contributed by atoms with Crippen molar-refractivity contribution in [2.45, 2.75) is 30.7 Å². The summed E-state index contributed by atoms with van der Waals surface area (Å²) in [6.07, 6.45) is 3.29. The first-order valence-electron chi connectivity index (χ1n) is 22.1. The van der Waals surface area contributed by atoms with E-state index < -0.39 is 0 Å². The molecule has 1 saturated heterocycles. The van der Waals surface area contributed by atoms with Crippen molar-refractivity contribution in [2.75, 3.05) is 40.0 Å². The molecule has 5 aliphatic rings. The second-order valence-corrected chi connectivity index (χ2v) is 19.8. The van der Waals surface area contributed by atoms with Crippen LogP contribution >= 0.6 is 0 Å². The van der Waals surface area contributed by atoms with E-state index in [1.165, 1.54) is 43.3 Å². The van der Waals surface area contributed by atoms with Gasteiger partial charge in [-0.1, -0.05) is 65.7 Å². The first kappa shape index (κ1) is 28.6. The molecule has 1 aliphatic heterocycles. The molecule has 3 heteroatoms. The number of hydrogen-bond donors (Lipinski definition) is 0. The Balaban J connectivity index is 1.08. The van der Waals surface area contributed by atoms with E-state index in [-0.39, 0.29) is 11.5 Å². The number of likely N-dealkylation sites (tertiary alicyclic amines) is 1. The summed E-state index contributed by atoms with van der Waals surface area (Å²) >= 11 is 0. The molecule has 3 nitrogen and oxygen atoms in total. The van der Waals surface area contributed by atoms with Gasteiger partial charge in [-0.3, -0.25) is 4.90 Å². The predicted molar refractivity (Wildman–Crippen MR) is 244 cm³/mol. The lowest BCUT2D eigenvalue weighted by Crippen LogP contribution is -2.44. The van der Waals surface area contributed by atoms with Crippen LogP contribution in [0.1, 0.15) is 34.7 Å². The minimum Gasteiger partial charge on any atom is -0.382 e. The summed E-state index contributed by atoms with van der Waals surface area (Å²) in [5, 5.41) is 40.7. The summed E-state index contributed by atoms with van der Waals surface area (Å²) in [4.78, 5) is 2.90. The van der Waals surface area contributed by atoms with Gasteiger partial charge in [0.05, 0.1) is 19.8 Å². The van der Waals surface area contributed by atoms with Crippen LogP contribution in [0.2, 0.25) is 0 Å². The molecule has 3 unspecified atom stereocenters. The quantitative estimate of drug-likeness (QED) is 0.120. The van der Waals surface area contributed by atoms with Gasteiger partial charge < -0.3 is 9.47 Å². The maximum absolute atomic E-state index is 6.35. The fourth-order valence-corrected chi connectivity index (χ4v) is 16.7. The first-order chi connectivity index (χ1) is 29.2. The Hall–Kier alpha value is -5.84. The summed E-state index contributed by atoms with van der Waals surface area (Å²) in [5.74, 6) is 0.418. The van der Waals surface area contributed by atoms with Gasteiger partial charge in [-0.05, 0) is 199 Å². The monoisotopic (exact) mass is 751 g/mol.